The van der Waals surface area contributed by atoms with Crippen LogP contribution in [0.4, 0.5) is 5.69 Å². The smallest absolute Gasteiger partial charge is 0.256 e. The molecule has 0 atom stereocenters. The van der Waals surface area contributed by atoms with E-state index in [1.807, 2.05) is 23.6 Å². The SMILES string of the molecule is CC(C)(CN1Cc2c(-c3ccc4[nH]nc(-c5nccs5)c4c3)ccc(N)c2C1=O)C(N)=O. The molecule has 5 rings (SSSR count). The Labute approximate surface area is 188 Å². The van der Waals surface area contributed by atoms with E-state index >= 15 is 0 Å². The first kappa shape index (κ1) is 20.2. The fourth-order valence-corrected chi connectivity index (χ4v) is 4.78. The highest BCUT2D eigenvalue weighted by Gasteiger charge is 2.37. The molecule has 162 valence electrons. The summed E-state index contributed by atoms with van der Waals surface area (Å²) in [6, 6.07) is 9.73. The molecule has 4 aromatic rings. The molecule has 0 bridgehead atoms. The van der Waals surface area contributed by atoms with Crippen molar-refractivity contribution in [2.75, 3.05) is 12.3 Å². The van der Waals surface area contributed by atoms with Gasteiger partial charge in [-0.15, -0.1) is 11.3 Å². The molecule has 2 aromatic carbocycles. The topological polar surface area (TPSA) is 131 Å². The lowest BCUT2D eigenvalue weighted by molar-refractivity contribution is -0.126. The molecule has 9 heteroatoms. The standard InChI is InChI=1S/C23H22N6O2S/c1-23(2,22(25)31)11-29-10-15-13(4-5-16(24)18(15)21(29)30)12-3-6-17-14(9-12)19(28-27-17)20-26-7-8-32-20/h3-9H,10-11,24H2,1-2H3,(H2,25,31)(H,27,28). The number of benzene rings is 2. The predicted octanol–water partition coefficient (Wildman–Crippen LogP) is 3.40. The van der Waals surface area contributed by atoms with Gasteiger partial charge in [0.1, 0.15) is 10.7 Å². The Balaban J connectivity index is 1.59. The molecule has 0 radical (unpaired) electrons. The fraction of sp³-hybridized carbons (Fsp3) is 0.217. The molecule has 3 heterocycles. The minimum atomic E-state index is -0.842. The van der Waals surface area contributed by atoms with E-state index in [4.69, 9.17) is 11.5 Å². The van der Waals surface area contributed by atoms with Gasteiger partial charge in [-0.25, -0.2) is 4.98 Å². The van der Waals surface area contributed by atoms with Gasteiger partial charge in [-0.1, -0.05) is 12.1 Å². The van der Waals surface area contributed by atoms with Gasteiger partial charge in [0, 0.05) is 35.7 Å². The molecule has 0 saturated heterocycles. The zero-order chi connectivity index (χ0) is 22.6. The monoisotopic (exact) mass is 446 g/mol. The minimum absolute atomic E-state index is 0.179. The molecule has 1 aliphatic heterocycles. The number of fused-ring (bicyclic) bond motifs is 2. The van der Waals surface area contributed by atoms with Gasteiger partial charge in [0.15, 0.2) is 0 Å². The highest BCUT2D eigenvalue weighted by Crippen LogP contribution is 2.39. The van der Waals surface area contributed by atoms with E-state index in [-0.39, 0.29) is 12.5 Å². The maximum absolute atomic E-state index is 13.2. The average Bonchev–Trinajstić information content (AvgIpc) is 3.47. The molecule has 0 saturated carbocycles. The molecule has 8 nitrogen and oxygen atoms in total. The van der Waals surface area contributed by atoms with Crippen molar-refractivity contribution in [3.8, 4) is 21.8 Å². The number of primary amides is 1. The van der Waals surface area contributed by atoms with E-state index in [0.29, 0.717) is 17.8 Å². The molecular formula is C23H22N6O2S. The lowest BCUT2D eigenvalue weighted by Crippen LogP contribution is -2.42. The number of hydrogen-bond donors (Lipinski definition) is 3. The number of amides is 2. The van der Waals surface area contributed by atoms with Crippen molar-refractivity contribution in [2.24, 2.45) is 11.1 Å². The number of aromatic amines is 1. The van der Waals surface area contributed by atoms with Gasteiger partial charge in [-0.05, 0) is 48.7 Å². The third-order valence-corrected chi connectivity index (χ3v) is 6.74. The van der Waals surface area contributed by atoms with Crippen LogP contribution >= 0.6 is 11.3 Å². The Kier molecular flexibility index (Phi) is 4.52. The normalized spacial score (nSPS) is 13.7. The number of hydrogen-bond acceptors (Lipinski definition) is 6. The Morgan fingerprint density at radius 3 is 2.81 bits per heavy atom. The van der Waals surface area contributed by atoms with Crippen LogP contribution in [-0.2, 0) is 11.3 Å². The maximum Gasteiger partial charge on any atom is 0.256 e. The number of thiazole rings is 1. The van der Waals surface area contributed by atoms with Gasteiger partial charge in [-0.3, -0.25) is 14.7 Å². The molecule has 0 spiro atoms. The first-order chi connectivity index (χ1) is 15.3. The number of rotatable bonds is 5. The Bertz CT molecular complexity index is 1370. The highest BCUT2D eigenvalue weighted by atomic mass is 32.1. The predicted molar refractivity (Wildman–Crippen MR) is 125 cm³/mol. The van der Waals surface area contributed by atoms with E-state index in [0.717, 1.165) is 38.3 Å². The minimum Gasteiger partial charge on any atom is -0.398 e. The molecule has 0 unspecified atom stereocenters. The summed E-state index contributed by atoms with van der Waals surface area (Å²) in [5.41, 5.74) is 16.3. The van der Waals surface area contributed by atoms with Crippen molar-refractivity contribution in [3.63, 3.8) is 0 Å². The van der Waals surface area contributed by atoms with E-state index in [9.17, 15) is 9.59 Å². The molecule has 1 aliphatic rings. The Morgan fingerprint density at radius 2 is 2.09 bits per heavy atom. The quantitative estimate of drug-likeness (QED) is 0.404. The van der Waals surface area contributed by atoms with Crippen molar-refractivity contribution in [1.82, 2.24) is 20.1 Å². The van der Waals surface area contributed by atoms with Crippen LogP contribution < -0.4 is 11.5 Å². The summed E-state index contributed by atoms with van der Waals surface area (Å²) in [6.07, 6.45) is 1.75. The summed E-state index contributed by atoms with van der Waals surface area (Å²) in [5.74, 6) is -0.629. The van der Waals surface area contributed by atoms with E-state index in [1.165, 1.54) is 11.3 Å². The number of nitrogens with one attached hydrogen (secondary N) is 1. The number of H-pyrrole nitrogens is 1. The van der Waals surface area contributed by atoms with Gasteiger partial charge >= 0.3 is 0 Å². The number of nitrogens with zero attached hydrogens (tertiary/aromatic N) is 3. The molecular weight excluding hydrogens is 424 g/mol. The second-order valence-corrected chi connectivity index (χ2v) is 9.53. The summed E-state index contributed by atoms with van der Waals surface area (Å²) in [7, 11) is 0. The van der Waals surface area contributed by atoms with E-state index < -0.39 is 11.3 Å². The van der Waals surface area contributed by atoms with Gasteiger partial charge in [-0.2, -0.15) is 5.10 Å². The van der Waals surface area contributed by atoms with E-state index in [2.05, 4.69) is 21.2 Å². The summed E-state index contributed by atoms with van der Waals surface area (Å²) in [6.45, 7) is 4.07. The average molecular weight is 447 g/mol. The number of carbonyl (C=O) groups is 2. The number of anilines is 1. The van der Waals surface area contributed by atoms with Crippen LogP contribution in [0.5, 0.6) is 0 Å². The zero-order valence-corrected chi connectivity index (χ0v) is 18.5. The fourth-order valence-electron chi connectivity index (χ4n) is 4.14. The largest absolute Gasteiger partial charge is 0.398 e. The molecule has 2 amide bonds. The van der Waals surface area contributed by atoms with Crippen molar-refractivity contribution < 1.29 is 9.59 Å². The number of nitrogens with two attached hydrogens (primary N) is 2. The van der Waals surface area contributed by atoms with Gasteiger partial charge in [0.25, 0.3) is 5.91 Å². The van der Waals surface area contributed by atoms with Crippen LogP contribution in [0.1, 0.15) is 29.8 Å². The summed E-state index contributed by atoms with van der Waals surface area (Å²) >= 11 is 1.53. The zero-order valence-electron chi connectivity index (χ0n) is 17.7. The first-order valence-electron chi connectivity index (χ1n) is 10.1. The molecule has 0 fully saturated rings. The van der Waals surface area contributed by atoms with Crippen LogP contribution in [0.15, 0.2) is 41.9 Å². The Morgan fingerprint density at radius 1 is 1.28 bits per heavy atom. The van der Waals surface area contributed by atoms with Crippen LogP contribution in [0.25, 0.3) is 32.7 Å². The maximum atomic E-state index is 13.2. The third-order valence-electron chi connectivity index (χ3n) is 5.96. The van der Waals surface area contributed by atoms with Crippen molar-refractivity contribution in [1.29, 1.82) is 0 Å². The summed E-state index contributed by atoms with van der Waals surface area (Å²) in [4.78, 5) is 31.0. The van der Waals surface area contributed by atoms with Crippen LogP contribution in [0.3, 0.4) is 0 Å². The van der Waals surface area contributed by atoms with Gasteiger partial charge in [0.2, 0.25) is 5.91 Å². The molecule has 0 aliphatic carbocycles. The lowest BCUT2D eigenvalue weighted by Gasteiger charge is -2.27. The van der Waals surface area contributed by atoms with Crippen molar-refractivity contribution in [3.05, 3.63) is 53.0 Å². The third kappa shape index (κ3) is 3.13. The van der Waals surface area contributed by atoms with Crippen LogP contribution in [0, 0.1) is 5.41 Å². The lowest BCUT2D eigenvalue weighted by atomic mass is 9.92. The van der Waals surface area contributed by atoms with Crippen molar-refractivity contribution in [2.45, 2.75) is 20.4 Å². The molecule has 2 aromatic heterocycles. The highest BCUT2D eigenvalue weighted by molar-refractivity contribution is 7.13. The second-order valence-electron chi connectivity index (χ2n) is 8.64. The summed E-state index contributed by atoms with van der Waals surface area (Å²) in [5, 5.41) is 11.2. The molecule has 32 heavy (non-hydrogen) atoms. The number of aromatic nitrogens is 3. The summed E-state index contributed by atoms with van der Waals surface area (Å²) < 4.78 is 0. The second kappa shape index (κ2) is 7.16. The number of carbonyl (C=O) groups excluding carboxylic acids is 2. The van der Waals surface area contributed by atoms with E-state index in [1.54, 1.807) is 31.0 Å². The Hall–Kier alpha value is -3.72. The van der Waals surface area contributed by atoms with Crippen molar-refractivity contribution >= 4 is 39.7 Å². The first-order valence-corrected chi connectivity index (χ1v) is 11.0. The molecule has 5 N–H and O–H groups in total. The van der Waals surface area contributed by atoms with Crippen LogP contribution in [-0.4, -0.2) is 38.4 Å². The number of nitrogen functional groups attached to an aromatic ring is 1. The van der Waals surface area contributed by atoms with Gasteiger partial charge in [0.05, 0.1) is 16.5 Å². The van der Waals surface area contributed by atoms with Gasteiger partial charge < -0.3 is 16.4 Å². The van der Waals surface area contributed by atoms with Crippen LogP contribution in [0.2, 0.25) is 0 Å².